The number of aromatic nitrogens is 2. The van der Waals surface area contributed by atoms with E-state index < -0.39 is 22.0 Å². The molecule has 8 nitrogen and oxygen atoms in total. The van der Waals surface area contributed by atoms with E-state index in [2.05, 4.69) is 15.5 Å². The maximum absolute atomic E-state index is 12.8. The van der Waals surface area contributed by atoms with Crippen LogP contribution in [-0.2, 0) is 21.4 Å². The van der Waals surface area contributed by atoms with Gasteiger partial charge in [0.05, 0.1) is 12.8 Å². The maximum atomic E-state index is 12.8. The molecule has 1 amide bonds. The SMILES string of the molecule is CN(C(C(=O)NCc1nc(-c2cccc(Cl)c2)no1)c1ccccc1)S(C)(=O)=O. The van der Waals surface area contributed by atoms with Crippen LogP contribution in [0.25, 0.3) is 11.4 Å². The minimum Gasteiger partial charge on any atom is -0.345 e. The van der Waals surface area contributed by atoms with Crippen molar-refractivity contribution in [2.45, 2.75) is 12.6 Å². The van der Waals surface area contributed by atoms with E-state index in [9.17, 15) is 13.2 Å². The summed E-state index contributed by atoms with van der Waals surface area (Å²) in [7, 11) is -2.25. The van der Waals surface area contributed by atoms with Crippen molar-refractivity contribution in [1.29, 1.82) is 0 Å². The molecule has 1 unspecified atom stereocenters. The number of sulfonamides is 1. The van der Waals surface area contributed by atoms with Crippen molar-refractivity contribution in [3.8, 4) is 11.4 Å². The minimum absolute atomic E-state index is 0.0483. The van der Waals surface area contributed by atoms with Crippen LogP contribution in [0, 0.1) is 0 Å². The first kappa shape index (κ1) is 21.0. The third-order valence-electron chi connectivity index (χ3n) is 4.22. The van der Waals surface area contributed by atoms with Gasteiger partial charge in [-0.1, -0.05) is 59.2 Å². The molecular formula is C19H19ClN4O4S. The van der Waals surface area contributed by atoms with Crippen molar-refractivity contribution in [2.24, 2.45) is 0 Å². The molecule has 0 aliphatic heterocycles. The zero-order chi connectivity index (χ0) is 21.0. The van der Waals surface area contributed by atoms with E-state index >= 15 is 0 Å². The maximum Gasteiger partial charge on any atom is 0.246 e. The van der Waals surface area contributed by atoms with Gasteiger partial charge in [0.25, 0.3) is 0 Å². The molecule has 0 saturated heterocycles. The number of benzene rings is 2. The van der Waals surface area contributed by atoms with Gasteiger partial charge in [0.1, 0.15) is 6.04 Å². The predicted octanol–water partition coefficient (Wildman–Crippen LogP) is 2.64. The molecule has 1 aromatic heterocycles. The van der Waals surface area contributed by atoms with Crippen molar-refractivity contribution in [1.82, 2.24) is 19.8 Å². The first-order chi connectivity index (χ1) is 13.8. The highest BCUT2D eigenvalue weighted by molar-refractivity contribution is 7.88. The fourth-order valence-corrected chi connectivity index (χ4v) is 3.47. The van der Waals surface area contributed by atoms with Crippen molar-refractivity contribution < 1.29 is 17.7 Å². The second kappa shape index (κ2) is 8.73. The lowest BCUT2D eigenvalue weighted by Crippen LogP contribution is -2.41. The molecule has 1 N–H and O–H groups in total. The van der Waals surface area contributed by atoms with Gasteiger partial charge in [-0.3, -0.25) is 4.79 Å². The smallest absolute Gasteiger partial charge is 0.246 e. The van der Waals surface area contributed by atoms with Crippen molar-refractivity contribution in [3.05, 3.63) is 71.1 Å². The van der Waals surface area contributed by atoms with Crippen LogP contribution in [-0.4, -0.2) is 42.1 Å². The average Bonchev–Trinajstić information content (AvgIpc) is 3.16. The number of carbonyl (C=O) groups is 1. The third-order valence-corrected chi connectivity index (χ3v) is 5.71. The highest BCUT2D eigenvalue weighted by atomic mass is 35.5. The van der Waals surface area contributed by atoms with Gasteiger partial charge in [-0.05, 0) is 17.7 Å². The van der Waals surface area contributed by atoms with E-state index in [1.165, 1.54) is 7.05 Å². The molecule has 0 aliphatic rings. The molecule has 0 saturated carbocycles. The zero-order valence-electron chi connectivity index (χ0n) is 15.7. The van der Waals surface area contributed by atoms with E-state index in [-0.39, 0.29) is 12.4 Å². The summed E-state index contributed by atoms with van der Waals surface area (Å²) in [5.41, 5.74) is 1.22. The van der Waals surface area contributed by atoms with Gasteiger partial charge >= 0.3 is 0 Å². The summed E-state index contributed by atoms with van der Waals surface area (Å²) in [6.07, 6.45) is 1.05. The number of carbonyl (C=O) groups excluding carboxylic acids is 1. The number of hydrogen-bond donors (Lipinski definition) is 1. The monoisotopic (exact) mass is 434 g/mol. The van der Waals surface area contributed by atoms with Crippen LogP contribution in [0.5, 0.6) is 0 Å². The molecule has 1 heterocycles. The third kappa shape index (κ3) is 5.20. The van der Waals surface area contributed by atoms with E-state index in [0.29, 0.717) is 22.0 Å². The molecule has 0 radical (unpaired) electrons. The Hall–Kier alpha value is -2.75. The Bertz CT molecular complexity index is 1100. The van der Waals surface area contributed by atoms with E-state index in [1.807, 2.05) is 0 Å². The summed E-state index contributed by atoms with van der Waals surface area (Å²) in [4.78, 5) is 17.0. The van der Waals surface area contributed by atoms with Crippen LogP contribution in [0.2, 0.25) is 5.02 Å². The van der Waals surface area contributed by atoms with Gasteiger partial charge in [0, 0.05) is 17.6 Å². The van der Waals surface area contributed by atoms with Gasteiger partial charge in [0.2, 0.25) is 27.6 Å². The molecule has 3 rings (SSSR count). The zero-order valence-corrected chi connectivity index (χ0v) is 17.3. The molecule has 2 aromatic carbocycles. The molecule has 0 bridgehead atoms. The largest absolute Gasteiger partial charge is 0.345 e. The molecule has 29 heavy (non-hydrogen) atoms. The number of rotatable bonds is 7. The van der Waals surface area contributed by atoms with Crippen molar-refractivity contribution >= 4 is 27.5 Å². The van der Waals surface area contributed by atoms with E-state index in [1.54, 1.807) is 54.6 Å². The first-order valence-electron chi connectivity index (χ1n) is 8.60. The van der Waals surface area contributed by atoms with Gasteiger partial charge in [0.15, 0.2) is 0 Å². The lowest BCUT2D eigenvalue weighted by atomic mass is 10.1. The molecule has 0 fully saturated rings. The Morgan fingerprint density at radius 2 is 1.93 bits per heavy atom. The molecule has 0 aliphatic carbocycles. The van der Waals surface area contributed by atoms with Crippen LogP contribution in [0.4, 0.5) is 0 Å². The number of nitrogens with zero attached hydrogens (tertiary/aromatic N) is 3. The molecule has 10 heteroatoms. The minimum atomic E-state index is -3.61. The number of nitrogens with one attached hydrogen (secondary N) is 1. The van der Waals surface area contributed by atoms with Crippen molar-refractivity contribution in [2.75, 3.05) is 13.3 Å². The highest BCUT2D eigenvalue weighted by Crippen LogP contribution is 2.23. The van der Waals surface area contributed by atoms with Crippen LogP contribution in [0.1, 0.15) is 17.5 Å². The summed E-state index contributed by atoms with van der Waals surface area (Å²) in [5.74, 6) is 0.0124. The highest BCUT2D eigenvalue weighted by Gasteiger charge is 2.30. The molecular weight excluding hydrogens is 416 g/mol. The summed E-state index contributed by atoms with van der Waals surface area (Å²) in [6.45, 7) is -0.0483. The Balaban J connectivity index is 1.75. The normalized spacial score (nSPS) is 12.7. The quantitative estimate of drug-likeness (QED) is 0.612. The lowest BCUT2D eigenvalue weighted by molar-refractivity contribution is -0.125. The van der Waals surface area contributed by atoms with Gasteiger partial charge in [-0.15, -0.1) is 0 Å². The number of amides is 1. The molecule has 3 aromatic rings. The van der Waals surface area contributed by atoms with E-state index in [4.69, 9.17) is 16.1 Å². The van der Waals surface area contributed by atoms with Crippen LogP contribution in [0.15, 0.2) is 59.1 Å². The summed E-state index contributed by atoms with van der Waals surface area (Å²) in [6, 6.07) is 14.6. The summed E-state index contributed by atoms with van der Waals surface area (Å²) < 4.78 is 30.2. The predicted molar refractivity (Wildman–Crippen MR) is 108 cm³/mol. The lowest BCUT2D eigenvalue weighted by Gasteiger charge is -2.25. The molecule has 152 valence electrons. The number of halogens is 1. The first-order valence-corrected chi connectivity index (χ1v) is 10.8. The Labute approximate surface area is 173 Å². The molecule has 1 atom stereocenters. The van der Waals surface area contributed by atoms with Gasteiger partial charge in [-0.2, -0.15) is 9.29 Å². The van der Waals surface area contributed by atoms with Crippen LogP contribution in [0.3, 0.4) is 0 Å². The second-order valence-electron chi connectivity index (χ2n) is 6.33. The molecule has 0 spiro atoms. The topological polar surface area (TPSA) is 105 Å². The Kier molecular flexibility index (Phi) is 6.31. The van der Waals surface area contributed by atoms with E-state index in [0.717, 1.165) is 10.6 Å². The fraction of sp³-hybridized carbons (Fsp3) is 0.211. The average molecular weight is 435 g/mol. The van der Waals surface area contributed by atoms with Gasteiger partial charge < -0.3 is 9.84 Å². The fourth-order valence-electron chi connectivity index (χ4n) is 2.68. The Morgan fingerprint density at radius 1 is 1.21 bits per heavy atom. The number of likely N-dealkylation sites (N-methyl/N-ethyl adjacent to an activating group) is 1. The summed E-state index contributed by atoms with van der Waals surface area (Å²) >= 11 is 5.97. The second-order valence-corrected chi connectivity index (χ2v) is 8.81. The van der Waals surface area contributed by atoms with Crippen LogP contribution >= 0.6 is 11.6 Å². The van der Waals surface area contributed by atoms with Crippen molar-refractivity contribution in [3.63, 3.8) is 0 Å². The standard InChI is InChI=1S/C19H19ClN4O4S/c1-24(29(2,26)27)17(13-7-4-3-5-8-13)19(25)21-12-16-22-18(23-28-16)14-9-6-10-15(20)11-14/h3-11,17H,12H2,1-2H3,(H,21,25). The van der Waals surface area contributed by atoms with Gasteiger partial charge in [-0.25, -0.2) is 8.42 Å². The summed E-state index contributed by atoms with van der Waals surface area (Å²) in [5, 5.41) is 7.08. The number of hydrogen-bond acceptors (Lipinski definition) is 6. The van der Waals surface area contributed by atoms with Crippen LogP contribution < -0.4 is 5.32 Å². The Morgan fingerprint density at radius 3 is 2.59 bits per heavy atom.